The molecule has 1 aromatic heterocycles. The molecule has 1 aromatic carbocycles. The summed E-state index contributed by atoms with van der Waals surface area (Å²) in [5.41, 5.74) is 7.45. The minimum absolute atomic E-state index is 0.679. The smallest absolute Gasteiger partial charge is 0.298 e. The summed E-state index contributed by atoms with van der Waals surface area (Å²) in [7, 11) is 0. The second-order valence-corrected chi connectivity index (χ2v) is 5.00. The standard InChI is InChI=1S/C14H19N3O/c15-8-7-11-4-3-9-17(10-11)14-16-12-5-1-2-6-13(12)18-14/h1-2,5-6,11H,3-4,7-10,15H2/t11-/m1/s1. The minimum atomic E-state index is 0.679. The van der Waals surface area contributed by atoms with Crippen LogP contribution in [-0.2, 0) is 0 Å². The Morgan fingerprint density at radius 3 is 3.11 bits per heavy atom. The molecular formula is C14H19N3O. The van der Waals surface area contributed by atoms with Crippen LogP contribution in [0.2, 0.25) is 0 Å². The maximum absolute atomic E-state index is 5.82. The van der Waals surface area contributed by atoms with E-state index in [1.807, 2.05) is 24.3 Å². The fourth-order valence-corrected chi connectivity index (χ4v) is 2.71. The van der Waals surface area contributed by atoms with Crippen molar-refractivity contribution >= 4 is 17.1 Å². The summed E-state index contributed by atoms with van der Waals surface area (Å²) in [5, 5.41) is 0. The van der Waals surface area contributed by atoms with E-state index in [1.165, 1.54) is 12.8 Å². The molecule has 4 heteroatoms. The van der Waals surface area contributed by atoms with Gasteiger partial charge in [-0.05, 0) is 43.9 Å². The molecule has 96 valence electrons. The van der Waals surface area contributed by atoms with E-state index in [9.17, 15) is 0 Å². The van der Waals surface area contributed by atoms with E-state index in [-0.39, 0.29) is 0 Å². The molecule has 1 saturated heterocycles. The third-order valence-corrected chi connectivity index (χ3v) is 3.65. The van der Waals surface area contributed by atoms with Gasteiger partial charge in [0.25, 0.3) is 6.01 Å². The molecule has 1 aliphatic heterocycles. The molecule has 2 heterocycles. The highest BCUT2D eigenvalue weighted by molar-refractivity contribution is 5.74. The third-order valence-electron chi connectivity index (χ3n) is 3.65. The second kappa shape index (κ2) is 4.98. The third kappa shape index (κ3) is 2.20. The van der Waals surface area contributed by atoms with E-state index in [1.54, 1.807) is 0 Å². The lowest BCUT2D eigenvalue weighted by molar-refractivity contribution is 0.380. The molecular weight excluding hydrogens is 226 g/mol. The van der Waals surface area contributed by atoms with Crippen LogP contribution in [-0.4, -0.2) is 24.6 Å². The Kier molecular flexibility index (Phi) is 3.19. The van der Waals surface area contributed by atoms with Gasteiger partial charge in [0.05, 0.1) is 0 Å². The van der Waals surface area contributed by atoms with Crippen molar-refractivity contribution in [1.29, 1.82) is 0 Å². The monoisotopic (exact) mass is 245 g/mol. The molecule has 1 atom stereocenters. The number of aromatic nitrogens is 1. The zero-order chi connectivity index (χ0) is 12.4. The van der Waals surface area contributed by atoms with Gasteiger partial charge >= 0.3 is 0 Å². The van der Waals surface area contributed by atoms with Crippen molar-refractivity contribution in [1.82, 2.24) is 4.98 Å². The number of hydrogen-bond acceptors (Lipinski definition) is 4. The first-order valence-corrected chi connectivity index (χ1v) is 6.67. The van der Waals surface area contributed by atoms with Crippen LogP contribution in [0.1, 0.15) is 19.3 Å². The van der Waals surface area contributed by atoms with Gasteiger partial charge in [0.2, 0.25) is 0 Å². The van der Waals surface area contributed by atoms with Gasteiger partial charge in [-0.15, -0.1) is 0 Å². The normalized spacial score (nSPS) is 20.5. The second-order valence-electron chi connectivity index (χ2n) is 5.00. The van der Waals surface area contributed by atoms with Crippen LogP contribution < -0.4 is 10.6 Å². The average Bonchev–Trinajstić information content (AvgIpc) is 2.83. The van der Waals surface area contributed by atoms with Crippen LogP contribution in [0.5, 0.6) is 0 Å². The number of piperidine rings is 1. The first-order chi connectivity index (χ1) is 8.86. The number of nitrogens with zero attached hydrogens (tertiary/aromatic N) is 2. The van der Waals surface area contributed by atoms with Crippen LogP contribution in [0.25, 0.3) is 11.1 Å². The van der Waals surface area contributed by atoms with E-state index in [4.69, 9.17) is 10.2 Å². The largest absolute Gasteiger partial charge is 0.423 e. The van der Waals surface area contributed by atoms with Gasteiger partial charge in [0, 0.05) is 13.1 Å². The Bertz CT molecular complexity index is 487. The molecule has 2 N–H and O–H groups in total. The van der Waals surface area contributed by atoms with E-state index in [0.717, 1.165) is 43.2 Å². The molecule has 18 heavy (non-hydrogen) atoms. The highest BCUT2D eigenvalue weighted by atomic mass is 16.4. The predicted octanol–water partition coefficient (Wildman–Crippen LogP) is 2.39. The Labute approximate surface area is 107 Å². The average molecular weight is 245 g/mol. The maximum Gasteiger partial charge on any atom is 0.298 e. The lowest BCUT2D eigenvalue weighted by atomic mass is 9.95. The fourth-order valence-electron chi connectivity index (χ4n) is 2.71. The van der Waals surface area contributed by atoms with Gasteiger partial charge in [-0.3, -0.25) is 0 Å². The molecule has 0 spiro atoms. The van der Waals surface area contributed by atoms with Crippen LogP contribution >= 0.6 is 0 Å². The van der Waals surface area contributed by atoms with Gasteiger partial charge in [0.1, 0.15) is 5.52 Å². The predicted molar refractivity (Wildman–Crippen MR) is 72.6 cm³/mol. The Morgan fingerprint density at radius 1 is 1.39 bits per heavy atom. The summed E-state index contributed by atoms with van der Waals surface area (Å²) in [6, 6.07) is 8.68. The summed E-state index contributed by atoms with van der Waals surface area (Å²) >= 11 is 0. The zero-order valence-electron chi connectivity index (χ0n) is 10.5. The van der Waals surface area contributed by atoms with Gasteiger partial charge in [-0.2, -0.15) is 4.98 Å². The summed E-state index contributed by atoms with van der Waals surface area (Å²) in [6.45, 7) is 2.82. The van der Waals surface area contributed by atoms with E-state index >= 15 is 0 Å². The fraction of sp³-hybridized carbons (Fsp3) is 0.500. The van der Waals surface area contributed by atoms with Crippen LogP contribution in [0, 0.1) is 5.92 Å². The van der Waals surface area contributed by atoms with Gasteiger partial charge in [0.15, 0.2) is 5.58 Å². The lowest BCUT2D eigenvalue weighted by Gasteiger charge is -2.31. The number of nitrogens with two attached hydrogens (primary N) is 1. The van der Waals surface area contributed by atoms with Crippen molar-refractivity contribution in [2.45, 2.75) is 19.3 Å². The van der Waals surface area contributed by atoms with Crippen molar-refractivity contribution < 1.29 is 4.42 Å². The molecule has 0 unspecified atom stereocenters. The number of benzene rings is 1. The zero-order valence-corrected chi connectivity index (χ0v) is 10.5. The molecule has 0 saturated carbocycles. The minimum Gasteiger partial charge on any atom is -0.423 e. The summed E-state index contributed by atoms with van der Waals surface area (Å²) < 4.78 is 5.82. The number of para-hydroxylation sites is 2. The molecule has 3 rings (SSSR count). The Balaban J connectivity index is 1.80. The highest BCUT2D eigenvalue weighted by Crippen LogP contribution is 2.27. The van der Waals surface area contributed by atoms with Gasteiger partial charge < -0.3 is 15.1 Å². The molecule has 1 aliphatic rings. The van der Waals surface area contributed by atoms with Crippen LogP contribution in [0.3, 0.4) is 0 Å². The SMILES string of the molecule is NCC[C@H]1CCCN(c2nc3ccccc3o2)C1. The van der Waals surface area contributed by atoms with E-state index < -0.39 is 0 Å². The lowest BCUT2D eigenvalue weighted by Crippen LogP contribution is -2.36. The number of hydrogen-bond donors (Lipinski definition) is 1. The number of rotatable bonds is 3. The van der Waals surface area contributed by atoms with Crippen molar-refractivity contribution in [2.75, 3.05) is 24.5 Å². The highest BCUT2D eigenvalue weighted by Gasteiger charge is 2.22. The van der Waals surface area contributed by atoms with Crippen molar-refractivity contribution in [3.63, 3.8) is 0 Å². The molecule has 2 aromatic rings. The quantitative estimate of drug-likeness (QED) is 0.902. The molecule has 0 bridgehead atoms. The van der Waals surface area contributed by atoms with Crippen LogP contribution in [0.15, 0.2) is 28.7 Å². The van der Waals surface area contributed by atoms with Crippen molar-refractivity contribution in [3.05, 3.63) is 24.3 Å². The van der Waals surface area contributed by atoms with Crippen molar-refractivity contribution in [2.24, 2.45) is 11.7 Å². The van der Waals surface area contributed by atoms with Gasteiger partial charge in [-0.25, -0.2) is 0 Å². The van der Waals surface area contributed by atoms with Crippen molar-refractivity contribution in [3.8, 4) is 0 Å². The molecule has 0 aliphatic carbocycles. The summed E-state index contributed by atoms with van der Waals surface area (Å²) in [5.74, 6) is 0.679. The Morgan fingerprint density at radius 2 is 2.28 bits per heavy atom. The number of anilines is 1. The number of fused-ring (bicyclic) bond motifs is 1. The molecule has 0 radical (unpaired) electrons. The van der Waals surface area contributed by atoms with E-state index in [0.29, 0.717) is 5.92 Å². The molecule has 0 amide bonds. The first kappa shape index (κ1) is 11.5. The maximum atomic E-state index is 5.82. The summed E-state index contributed by atoms with van der Waals surface area (Å²) in [6.07, 6.45) is 3.56. The first-order valence-electron chi connectivity index (χ1n) is 6.67. The molecule has 1 fully saturated rings. The number of oxazole rings is 1. The van der Waals surface area contributed by atoms with Crippen LogP contribution in [0.4, 0.5) is 6.01 Å². The Hall–Kier alpha value is -1.55. The molecule has 4 nitrogen and oxygen atoms in total. The van der Waals surface area contributed by atoms with Gasteiger partial charge in [-0.1, -0.05) is 12.1 Å². The summed E-state index contributed by atoms with van der Waals surface area (Å²) in [4.78, 5) is 6.81. The van der Waals surface area contributed by atoms with E-state index in [2.05, 4.69) is 9.88 Å². The topological polar surface area (TPSA) is 55.3 Å².